The van der Waals surface area contributed by atoms with Gasteiger partial charge in [-0.3, -0.25) is 4.79 Å². The van der Waals surface area contributed by atoms with Crippen molar-refractivity contribution in [2.24, 2.45) is 7.05 Å². The molecule has 1 heterocycles. The predicted octanol–water partition coefficient (Wildman–Crippen LogP) is 1.86. The molecule has 2 rings (SSSR count). The number of benzene rings is 1. The molecule has 100 valence electrons. The Morgan fingerprint density at radius 3 is 2.84 bits per heavy atom. The van der Waals surface area contributed by atoms with E-state index in [0.29, 0.717) is 6.54 Å². The van der Waals surface area contributed by atoms with Crippen LogP contribution in [0.25, 0.3) is 0 Å². The second-order valence-corrected chi connectivity index (χ2v) is 4.18. The molecule has 0 aliphatic rings. The van der Waals surface area contributed by atoms with Crippen molar-refractivity contribution >= 4 is 5.91 Å². The minimum absolute atomic E-state index is 0.0809. The van der Waals surface area contributed by atoms with Gasteiger partial charge in [0.15, 0.2) is 18.2 Å². The van der Waals surface area contributed by atoms with E-state index in [-0.39, 0.29) is 18.3 Å². The molecular weight excluding hydrogens is 247 g/mol. The lowest BCUT2D eigenvalue weighted by molar-refractivity contribution is -0.123. The molecule has 0 bridgehead atoms. The number of carbonyl (C=O) groups is 1. The third-order valence-electron chi connectivity index (χ3n) is 2.58. The Hall–Kier alpha value is -2.30. The van der Waals surface area contributed by atoms with E-state index >= 15 is 0 Å². The smallest absolute Gasteiger partial charge is 0.258 e. The highest BCUT2D eigenvalue weighted by Gasteiger charge is 2.06. The van der Waals surface area contributed by atoms with Crippen LogP contribution in [0.2, 0.25) is 0 Å². The first kappa shape index (κ1) is 13.1. The van der Waals surface area contributed by atoms with E-state index in [0.717, 1.165) is 5.56 Å². The number of aromatic nitrogens is 1. The van der Waals surface area contributed by atoms with Crippen molar-refractivity contribution in [3.8, 4) is 5.75 Å². The fraction of sp³-hybridized carbons (Fsp3) is 0.214. The number of halogens is 1. The highest BCUT2D eigenvalue weighted by molar-refractivity contribution is 5.77. The zero-order valence-electron chi connectivity index (χ0n) is 10.6. The molecule has 2 aromatic rings. The molecule has 4 nitrogen and oxygen atoms in total. The fourth-order valence-corrected chi connectivity index (χ4v) is 1.62. The van der Waals surface area contributed by atoms with Crippen molar-refractivity contribution in [1.82, 2.24) is 9.88 Å². The zero-order chi connectivity index (χ0) is 13.7. The Morgan fingerprint density at radius 1 is 1.37 bits per heavy atom. The van der Waals surface area contributed by atoms with Crippen LogP contribution in [0.5, 0.6) is 5.75 Å². The van der Waals surface area contributed by atoms with Gasteiger partial charge in [0.2, 0.25) is 0 Å². The monoisotopic (exact) mass is 262 g/mol. The lowest BCUT2D eigenvalue weighted by Gasteiger charge is -2.07. The summed E-state index contributed by atoms with van der Waals surface area (Å²) in [7, 11) is 1.91. The highest BCUT2D eigenvalue weighted by atomic mass is 19.1. The number of para-hydroxylation sites is 1. The first-order chi connectivity index (χ1) is 9.15. The van der Waals surface area contributed by atoms with Gasteiger partial charge in [-0.05, 0) is 23.8 Å². The maximum atomic E-state index is 13.2. The average Bonchev–Trinajstić information content (AvgIpc) is 2.81. The molecule has 0 atom stereocenters. The van der Waals surface area contributed by atoms with E-state index in [2.05, 4.69) is 5.32 Å². The number of amides is 1. The molecule has 1 aromatic heterocycles. The molecule has 0 saturated heterocycles. The van der Waals surface area contributed by atoms with Crippen LogP contribution in [0, 0.1) is 5.82 Å². The quantitative estimate of drug-likeness (QED) is 0.893. The van der Waals surface area contributed by atoms with Crippen LogP contribution >= 0.6 is 0 Å². The van der Waals surface area contributed by atoms with Crippen LogP contribution in [-0.4, -0.2) is 17.1 Å². The third-order valence-corrected chi connectivity index (χ3v) is 2.58. The summed E-state index contributed by atoms with van der Waals surface area (Å²) in [4.78, 5) is 11.5. The normalized spacial score (nSPS) is 10.2. The summed E-state index contributed by atoms with van der Waals surface area (Å²) in [6.45, 7) is 0.230. The summed E-state index contributed by atoms with van der Waals surface area (Å²) >= 11 is 0. The maximum Gasteiger partial charge on any atom is 0.258 e. The van der Waals surface area contributed by atoms with Gasteiger partial charge in [0, 0.05) is 26.0 Å². The summed E-state index contributed by atoms with van der Waals surface area (Å²) in [5.74, 6) is -0.678. The molecular formula is C14H15FN2O2. The number of rotatable bonds is 5. The minimum atomic E-state index is -0.474. The average molecular weight is 262 g/mol. The number of ether oxygens (including phenoxy) is 1. The van der Waals surface area contributed by atoms with Crippen molar-refractivity contribution in [3.05, 3.63) is 54.1 Å². The molecule has 0 spiro atoms. The lowest BCUT2D eigenvalue weighted by atomic mass is 10.3. The van der Waals surface area contributed by atoms with E-state index in [9.17, 15) is 9.18 Å². The summed E-state index contributed by atoms with van der Waals surface area (Å²) < 4.78 is 20.2. The largest absolute Gasteiger partial charge is 0.481 e. The van der Waals surface area contributed by atoms with Crippen LogP contribution in [0.15, 0.2) is 42.7 Å². The lowest BCUT2D eigenvalue weighted by Crippen LogP contribution is -2.28. The van der Waals surface area contributed by atoms with Gasteiger partial charge in [0.05, 0.1) is 0 Å². The number of carbonyl (C=O) groups excluding carboxylic acids is 1. The van der Waals surface area contributed by atoms with E-state index in [4.69, 9.17) is 4.74 Å². The van der Waals surface area contributed by atoms with E-state index in [1.54, 1.807) is 12.1 Å². The second-order valence-electron chi connectivity index (χ2n) is 4.18. The molecule has 0 aliphatic heterocycles. The van der Waals surface area contributed by atoms with Crippen LogP contribution < -0.4 is 10.1 Å². The Morgan fingerprint density at radius 2 is 2.16 bits per heavy atom. The van der Waals surface area contributed by atoms with E-state index in [1.165, 1.54) is 12.1 Å². The molecule has 0 saturated carbocycles. The van der Waals surface area contributed by atoms with Crippen LogP contribution in [0.3, 0.4) is 0 Å². The summed E-state index contributed by atoms with van der Waals surface area (Å²) in [6, 6.07) is 7.91. The number of hydrogen-bond acceptors (Lipinski definition) is 2. The number of nitrogens with zero attached hydrogens (tertiary/aromatic N) is 1. The van der Waals surface area contributed by atoms with Crippen molar-refractivity contribution in [1.29, 1.82) is 0 Å². The predicted molar refractivity (Wildman–Crippen MR) is 69.2 cm³/mol. The van der Waals surface area contributed by atoms with Crippen LogP contribution in [0.4, 0.5) is 4.39 Å². The first-order valence-corrected chi connectivity index (χ1v) is 5.90. The molecule has 0 unspecified atom stereocenters. The van der Waals surface area contributed by atoms with Crippen molar-refractivity contribution in [2.75, 3.05) is 6.61 Å². The molecule has 1 aromatic carbocycles. The van der Waals surface area contributed by atoms with E-state index in [1.807, 2.05) is 30.1 Å². The Labute approximate surface area is 110 Å². The number of nitrogens with one attached hydrogen (secondary N) is 1. The Bertz CT molecular complexity index is 566. The van der Waals surface area contributed by atoms with Crippen LogP contribution in [0.1, 0.15) is 5.56 Å². The van der Waals surface area contributed by atoms with Gasteiger partial charge in [-0.1, -0.05) is 12.1 Å². The second kappa shape index (κ2) is 6.04. The fourth-order valence-electron chi connectivity index (χ4n) is 1.62. The Kier molecular flexibility index (Phi) is 4.18. The van der Waals surface area contributed by atoms with Crippen molar-refractivity contribution in [2.45, 2.75) is 6.54 Å². The van der Waals surface area contributed by atoms with E-state index < -0.39 is 5.82 Å². The third kappa shape index (κ3) is 3.84. The molecule has 19 heavy (non-hydrogen) atoms. The number of aryl methyl sites for hydroxylation is 1. The summed E-state index contributed by atoms with van der Waals surface area (Å²) in [6.07, 6.45) is 3.81. The van der Waals surface area contributed by atoms with Gasteiger partial charge in [0.25, 0.3) is 5.91 Å². The highest BCUT2D eigenvalue weighted by Crippen LogP contribution is 2.14. The SMILES string of the molecule is Cn1ccc(CNC(=O)COc2ccccc2F)c1. The molecule has 1 N–H and O–H groups in total. The number of hydrogen-bond donors (Lipinski definition) is 1. The molecule has 0 fully saturated rings. The zero-order valence-corrected chi connectivity index (χ0v) is 10.6. The molecule has 5 heteroatoms. The standard InChI is InChI=1S/C14H15FN2O2/c1-17-7-6-11(9-17)8-16-14(18)10-19-13-5-3-2-4-12(13)15/h2-7,9H,8,10H2,1H3,(H,16,18). The van der Waals surface area contributed by atoms with Gasteiger partial charge in [0.1, 0.15) is 0 Å². The summed E-state index contributed by atoms with van der Waals surface area (Å²) in [5.41, 5.74) is 1.00. The van der Waals surface area contributed by atoms with Gasteiger partial charge in [-0.15, -0.1) is 0 Å². The van der Waals surface area contributed by atoms with Gasteiger partial charge >= 0.3 is 0 Å². The van der Waals surface area contributed by atoms with Crippen LogP contribution in [-0.2, 0) is 18.4 Å². The summed E-state index contributed by atoms with van der Waals surface area (Å²) in [5, 5.41) is 2.70. The molecule has 0 aliphatic carbocycles. The molecule has 1 amide bonds. The topological polar surface area (TPSA) is 43.3 Å². The molecule has 0 radical (unpaired) electrons. The first-order valence-electron chi connectivity index (χ1n) is 5.90. The van der Waals surface area contributed by atoms with Gasteiger partial charge in [-0.2, -0.15) is 0 Å². The van der Waals surface area contributed by atoms with Gasteiger partial charge in [-0.25, -0.2) is 4.39 Å². The van der Waals surface area contributed by atoms with Gasteiger partial charge < -0.3 is 14.6 Å². The maximum absolute atomic E-state index is 13.2. The Balaban J connectivity index is 1.77. The van der Waals surface area contributed by atoms with Crippen molar-refractivity contribution in [3.63, 3.8) is 0 Å². The van der Waals surface area contributed by atoms with Crippen molar-refractivity contribution < 1.29 is 13.9 Å². The minimum Gasteiger partial charge on any atom is -0.481 e.